The van der Waals surface area contributed by atoms with Crippen molar-refractivity contribution in [2.24, 2.45) is 7.05 Å². The average molecular weight is 235 g/mol. The second-order valence-corrected chi connectivity index (χ2v) is 4.05. The molecule has 0 N–H and O–H groups in total. The van der Waals surface area contributed by atoms with Gasteiger partial charge in [0.2, 0.25) is 0 Å². The Morgan fingerprint density at radius 3 is 2.94 bits per heavy atom. The first-order valence-electron chi connectivity index (χ1n) is 4.87. The zero-order valence-corrected chi connectivity index (χ0v) is 9.29. The van der Waals surface area contributed by atoms with Crippen LogP contribution in [0.25, 0.3) is 21.8 Å². The minimum Gasteiger partial charge on any atom is -0.341 e. The van der Waals surface area contributed by atoms with Crippen LogP contribution in [-0.4, -0.2) is 9.55 Å². The third kappa shape index (κ3) is 1.09. The molecule has 0 atom stereocenters. The van der Waals surface area contributed by atoms with Gasteiger partial charge in [-0.2, -0.15) is 0 Å². The summed E-state index contributed by atoms with van der Waals surface area (Å²) in [7, 11) is 1.86. The van der Waals surface area contributed by atoms with Crippen LogP contribution in [-0.2, 0) is 7.05 Å². The van der Waals surface area contributed by atoms with Crippen LogP contribution in [0.5, 0.6) is 0 Å². The lowest BCUT2D eigenvalue weighted by Gasteiger charge is -1.98. The standard InChI is InChI=1S/C12H8ClFN2/c1-16-9-4-2-3-8(14)10(9)7-5-6-15-12(13)11(7)16/h2-6H,1H3. The molecule has 0 fully saturated rings. The number of pyridine rings is 1. The van der Waals surface area contributed by atoms with Gasteiger partial charge in [-0.15, -0.1) is 0 Å². The highest BCUT2D eigenvalue weighted by molar-refractivity contribution is 6.35. The molecule has 0 aliphatic heterocycles. The van der Waals surface area contributed by atoms with Gasteiger partial charge in [-0.05, 0) is 18.2 Å². The lowest BCUT2D eigenvalue weighted by atomic mass is 10.2. The molecule has 0 spiro atoms. The minimum absolute atomic E-state index is 0.231. The Morgan fingerprint density at radius 2 is 2.12 bits per heavy atom. The van der Waals surface area contributed by atoms with Gasteiger partial charge in [-0.25, -0.2) is 9.37 Å². The fourth-order valence-electron chi connectivity index (χ4n) is 2.13. The van der Waals surface area contributed by atoms with Crippen molar-refractivity contribution in [3.05, 3.63) is 41.4 Å². The molecule has 0 unspecified atom stereocenters. The first-order chi connectivity index (χ1) is 7.70. The van der Waals surface area contributed by atoms with E-state index in [1.807, 2.05) is 17.7 Å². The molecule has 2 heterocycles. The van der Waals surface area contributed by atoms with E-state index in [1.165, 1.54) is 6.07 Å². The summed E-state index contributed by atoms with van der Waals surface area (Å²) in [6.45, 7) is 0. The van der Waals surface area contributed by atoms with E-state index >= 15 is 0 Å². The van der Waals surface area contributed by atoms with Crippen molar-refractivity contribution in [1.29, 1.82) is 0 Å². The van der Waals surface area contributed by atoms with Crippen molar-refractivity contribution in [3.63, 3.8) is 0 Å². The molecule has 4 heteroatoms. The van der Waals surface area contributed by atoms with E-state index in [0.717, 1.165) is 16.4 Å². The molecule has 0 bridgehead atoms. The topological polar surface area (TPSA) is 17.8 Å². The highest BCUT2D eigenvalue weighted by Gasteiger charge is 2.13. The fourth-order valence-corrected chi connectivity index (χ4v) is 2.41. The van der Waals surface area contributed by atoms with Crippen LogP contribution in [0, 0.1) is 5.82 Å². The largest absolute Gasteiger partial charge is 0.341 e. The molecule has 1 aromatic carbocycles. The number of aromatic nitrogens is 2. The van der Waals surface area contributed by atoms with Gasteiger partial charge in [0.1, 0.15) is 5.82 Å². The smallest absolute Gasteiger partial charge is 0.153 e. The highest BCUT2D eigenvalue weighted by atomic mass is 35.5. The molecule has 0 aliphatic carbocycles. The number of rotatable bonds is 0. The summed E-state index contributed by atoms with van der Waals surface area (Å²) in [6, 6.07) is 6.80. The number of aryl methyl sites for hydroxylation is 1. The van der Waals surface area contributed by atoms with Gasteiger partial charge in [0, 0.05) is 24.0 Å². The molecule has 0 saturated carbocycles. The van der Waals surface area contributed by atoms with E-state index in [0.29, 0.717) is 10.5 Å². The second kappa shape index (κ2) is 3.19. The Bertz CT molecular complexity index is 703. The summed E-state index contributed by atoms with van der Waals surface area (Å²) >= 11 is 6.03. The van der Waals surface area contributed by atoms with Crippen LogP contribution in [0.2, 0.25) is 5.15 Å². The molecule has 0 amide bonds. The number of nitrogens with zero attached hydrogens (tertiary/aromatic N) is 2. The number of hydrogen-bond acceptors (Lipinski definition) is 1. The molecular weight excluding hydrogens is 227 g/mol. The molecular formula is C12H8ClFN2. The minimum atomic E-state index is -0.231. The maximum Gasteiger partial charge on any atom is 0.153 e. The van der Waals surface area contributed by atoms with Gasteiger partial charge in [0.25, 0.3) is 0 Å². The predicted octanol–water partition coefficient (Wildman–Crippen LogP) is 3.52. The Morgan fingerprint density at radius 1 is 1.31 bits per heavy atom. The summed E-state index contributed by atoms with van der Waals surface area (Å²) in [5.41, 5.74) is 1.59. The van der Waals surface area contributed by atoms with Gasteiger partial charge in [0.05, 0.1) is 11.0 Å². The summed E-state index contributed by atoms with van der Waals surface area (Å²) in [4.78, 5) is 4.02. The van der Waals surface area contributed by atoms with Crippen molar-refractivity contribution in [2.75, 3.05) is 0 Å². The van der Waals surface area contributed by atoms with Crippen LogP contribution in [0.4, 0.5) is 4.39 Å². The summed E-state index contributed by atoms with van der Waals surface area (Å²) in [5, 5.41) is 1.80. The third-order valence-corrected chi connectivity index (χ3v) is 3.11. The molecule has 3 rings (SSSR count). The van der Waals surface area contributed by atoms with E-state index in [1.54, 1.807) is 18.3 Å². The van der Waals surface area contributed by atoms with Gasteiger partial charge in [-0.1, -0.05) is 17.7 Å². The fraction of sp³-hybridized carbons (Fsp3) is 0.0833. The van der Waals surface area contributed by atoms with E-state index < -0.39 is 0 Å². The van der Waals surface area contributed by atoms with Crippen molar-refractivity contribution in [1.82, 2.24) is 9.55 Å². The zero-order chi connectivity index (χ0) is 11.3. The second-order valence-electron chi connectivity index (χ2n) is 3.69. The maximum absolute atomic E-state index is 13.8. The Labute approximate surface area is 96.3 Å². The number of halogens is 2. The van der Waals surface area contributed by atoms with Crippen LogP contribution in [0.3, 0.4) is 0 Å². The van der Waals surface area contributed by atoms with Gasteiger partial charge >= 0.3 is 0 Å². The van der Waals surface area contributed by atoms with Crippen LogP contribution < -0.4 is 0 Å². The highest BCUT2D eigenvalue weighted by Crippen LogP contribution is 2.32. The van der Waals surface area contributed by atoms with E-state index in [9.17, 15) is 4.39 Å². The SMILES string of the molecule is Cn1c2cccc(F)c2c2ccnc(Cl)c21. The van der Waals surface area contributed by atoms with E-state index in [4.69, 9.17) is 11.6 Å². The average Bonchev–Trinajstić information content (AvgIpc) is 2.56. The quantitative estimate of drug-likeness (QED) is 0.544. The molecule has 0 aliphatic rings. The first kappa shape index (κ1) is 9.60. The Hall–Kier alpha value is -1.61. The lowest BCUT2D eigenvalue weighted by Crippen LogP contribution is -1.88. The maximum atomic E-state index is 13.8. The van der Waals surface area contributed by atoms with Crippen molar-refractivity contribution < 1.29 is 4.39 Å². The monoisotopic (exact) mass is 234 g/mol. The number of benzene rings is 1. The molecule has 16 heavy (non-hydrogen) atoms. The number of fused-ring (bicyclic) bond motifs is 3. The summed E-state index contributed by atoms with van der Waals surface area (Å²) in [5.74, 6) is -0.231. The Kier molecular flexibility index (Phi) is 1.91. The predicted molar refractivity (Wildman–Crippen MR) is 63.2 cm³/mol. The van der Waals surface area contributed by atoms with Crippen LogP contribution >= 0.6 is 11.6 Å². The van der Waals surface area contributed by atoms with Crippen molar-refractivity contribution in [2.45, 2.75) is 0 Å². The van der Waals surface area contributed by atoms with E-state index in [-0.39, 0.29) is 5.82 Å². The van der Waals surface area contributed by atoms with E-state index in [2.05, 4.69) is 4.98 Å². The molecule has 3 aromatic rings. The van der Waals surface area contributed by atoms with Crippen molar-refractivity contribution >= 4 is 33.4 Å². The van der Waals surface area contributed by atoms with Crippen molar-refractivity contribution in [3.8, 4) is 0 Å². The molecule has 2 aromatic heterocycles. The van der Waals surface area contributed by atoms with Gasteiger partial charge in [0.15, 0.2) is 5.15 Å². The molecule has 0 radical (unpaired) electrons. The lowest BCUT2D eigenvalue weighted by molar-refractivity contribution is 0.640. The Balaban J connectivity index is 2.71. The normalized spacial score (nSPS) is 11.4. The van der Waals surface area contributed by atoms with Crippen LogP contribution in [0.1, 0.15) is 0 Å². The molecule has 2 nitrogen and oxygen atoms in total. The zero-order valence-electron chi connectivity index (χ0n) is 8.54. The first-order valence-corrected chi connectivity index (χ1v) is 5.25. The van der Waals surface area contributed by atoms with Crippen LogP contribution in [0.15, 0.2) is 30.5 Å². The third-order valence-electron chi connectivity index (χ3n) is 2.84. The summed E-state index contributed by atoms with van der Waals surface area (Å²) in [6.07, 6.45) is 1.59. The van der Waals surface area contributed by atoms with Gasteiger partial charge < -0.3 is 4.57 Å². The molecule has 80 valence electrons. The van der Waals surface area contributed by atoms with Gasteiger partial charge in [-0.3, -0.25) is 0 Å². The number of hydrogen-bond donors (Lipinski definition) is 0. The summed E-state index contributed by atoms with van der Waals surface area (Å²) < 4.78 is 15.6. The molecule has 0 saturated heterocycles.